The number of hydrazine groups is 2. The maximum Gasteiger partial charge on any atom is 0.289 e. The number of aromatic nitrogens is 2. The lowest BCUT2D eigenvalue weighted by atomic mass is 10.3. The molecule has 0 fully saturated rings. The zero-order chi connectivity index (χ0) is 9.84. The van der Waals surface area contributed by atoms with Gasteiger partial charge in [0.25, 0.3) is 11.8 Å². The standard InChI is InChI=1S/C4H6N6O3/c5-7-3(11)1-2(4(12)8-6)10-13-9-1/h5-6H2,(H,7,11)(H,8,12). The molecule has 1 aromatic heterocycles. The van der Waals surface area contributed by atoms with Gasteiger partial charge in [-0.25, -0.2) is 16.3 Å². The van der Waals surface area contributed by atoms with Crippen LogP contribution in [-0.4, -0.2) is 22.1 Å². The molecule has 13 heavy (non-hydrogen) atoms. The van der Waals surface area contributed by atoms with Crippen molar-refractivity contribution in [2.75, 3.05) is 0 Å². The predicted molar refractivity (Wildman–Crippen MR) is 37.6 cm³/mol. The van der Waals surface area contributed by atoms with Gasteiger partial charge in [0, 0.05) is 0 Å². The first-order valence-electron chi connectivity index (χ1n) is 3.05. The molecule has 1 aromatic rings. The van der Waals surface area contributed by atoms with E-state index < -0.39 is 11.8 Å². The number of rotatable bonds is 2. The number of carbonyl (C=O) groups is 2. The molecule has 0 radical (unpaired) electrons. The van der Waals surface area contributed by atoms with E-state index in [1.165, 1.54) is 0 Å². The number of carbonyl (C=O) groups excluding carboxylic acids is 2. The van der Waals surface area contributed by atoms with E-state index in [1.807, 2.05) is 0 Å². The normalized spacial score (nSPS) is 9.38. The lowest BCUT2D eigenvalue weighted by molar-refractivity contribution is 0.0914. The van der Waals surface area contributed by atoms with Crippen LogP contribution in [0.4, 0.5) is 0 Å². The third-order valence-corrected chi connectivity index (χ3v) is 1.18. The number of nitrogens with zero attached hydrogens (tertiary/aromatic N) is 2. The molecule has 0 saturated heterocycles. The summed E-state index contributed by atoms with van der Waals surface area (Å²) in [6.45, 7) is 0. The van der Waals surface area contributed by atoms with Crippen molar-refractivity contribution in [3.05, 3.63) is 11.4 Å². The van der Waals surface area contributed by atoms with Crippen molar-refractivity contribution in [3.8, 4) is 0 Å². The summed E-state index contributed by atoms with van der Waals surface area (Å²) < 4.78 is 4.16. The van der Waals surface area contributed by atoms with Crippen molar-refractivity contribution in [1.82, 2.24) is 21.2 Å². The molecule has 0 aliphatic heterocycles. The van der Waals surface area contributed by atoms with Crippen molar-refractivity contribution < 1.29 is 14.2 Å². The number of nitrogens with two attached hydrogens (primary N) is 2. The average Bonchev–Trinajstić information content (AvgIpc) is 2.63. The van der Waals surface area contributed by atoms with Gasteiger partial charge in [-0.15, -0.1) is 0 Å². The summed E-state index contributed by atoms with van der Waals surface area (Å²) >= 11 is 0. The second-order valence-electron chi connectivity index (χ2n) is 1.91. The van der Waals surface area contributed by atoms with Crippen LogP contribution in [-0.2, 0) is 0 Å². The van der Waals surface area contributed by atoms with Crippen molar-refractivity contribution >= 4 is 11.8 Å². The number of hydrogen-bond donors (Lipinski definition) is 4. The average molecular weight is 186 g/mol. The SMILES string of the molecule is NNC(=O)c1nonc1C(=O)NN. The molecule has 2 amide bonds. The number of amides is 2. The minimum Gasteiger partial charge on any atom is -0.289 e. The highest BCUT2D eigenvalue weighted by molar-refractivity contribution is 6.03. The smallest absolute Gasteiger partial charge is 0.289 e. The summed E-state index contributed by atoms with van der Waals surface area (Å²) in [4.78, 5) is 21.8. The van der Waals surface area contributed by atoms with Crippen LogP contribution in [0.25, 0.3) is 0 Å². The third-order valence-electron chi connectivity index (χ3n) is 1.18. The zero-order valence-corrected chi connectivity index (χ0v) is 6.27. The summed E-state index contributed by atoms with van der Waals surface area (Å²) in [5.41, 5.74) is 2.87. The Labute approximate surface area is 71.3 Å². The Kier molecular flexibility index (Phi) is 2.52. The van der Waals surface area contributed by atoms with Crippen LogP contribution in [0.15, 0.2) is 4.63 Å². The fourth-order valence-electron chi connectivity index (χ4n) is 0.623. The highest BCUT2D eigenvalue weighted by Crippen LogP contribution is 2.00. The Morgan fingerprint density at radius 3 is 1.77 bits per heavy atom. The maximum atomic E-state index is 10.9. The van der Waals surface area contributed by atoms with E-state index >= 15 is 0 Å². The Bertz CT molecular complexity index is 302. The van der Waals surface area contributed by atoms with Crippen LogP contribution in [0, 0.1) is 0 Å². The fraction of sp³-hybridized carbons (Fsp3) is 0. The fourth-order valence-corrected chi connectivity index (χ4v) is 0.623. The predicted octanol–water partition coefficient (Wildman–Crippen LogP) is -2.72. The lowest BCUT2D eigenvalue weighted by Gasteiger charge is -1.95. The third kappa shape index (κ3) is 1.60. The van der Waals surface area contributed by atoms with Crippen LogP contribution in [0.3, 0.4) is 0 Å². The van der Waals surface area contributed by atoms with E-state index in [2.05, 4.69) is 14.9 Å². The molecule has 0 atom stereocenters. The molecular formula is C4H6N6O3. The molecule has 0 bridgehead atoms. The molecule has 0 spiro atoms. The second-order valence-corrected chi connectivity index (χ2v) is 1.91. The van der Waals surface area contributed by atoms with Crippen LogP contribution >= 0.6 is 0 Å². The van der Waals surface area contributed by atoms with E-state index in [0.29, 0.717) is 0 Å². The largest absolute Gasteiger partial charge is 0.289 e. The number of nitrogens with one attached hydrogen (secondary N) is 2. The summed E-state index contributed by atoms with van der Waals surface area (Å²) in [5, 5.41) is 6.32. The van der Waals surface area contributed by atoms with E-state index in [1.54, 1.807) is 10.9 Å². The van der Waals surface area contributed by atoms with Crippen molar-refractivity contribution in [2.45, 2.75) is 0 Å². The van der Waals surface area contributed by atoms with Crippen molar-refractivity contribution in [3.63, 3.8) is 0 Å². The van der Waals surface area contributed by atoms with Gasteiger partial charge in [0.1, 0.15) is 0 Å². The topological polar surface area (TPSA) is 149 Å². The Balaban J connectivity index is 3.02. The molecule has 9 nitrogen and oxygen atoms in total. The number of nitrogen functional groups attached to an aromatic ring is 2. The molecule has 0 unspecified atom stereocenters. The molecule has 1 heterocycles. The van der Waals surface area contributed by atoms with Gasteiger partial charge in [-0.1, -0.05) is 0 Å². The Morgan fingerprint density at radius 2 is 1.46 bits per heavy atom. The van der Waals surface area contributed by atoms with Gasteiger partial charge in [0.05, 0.1) is 0 Å². The van der Waals surface area contributed by atoms with Gasteiger partial charge in [-0.05, 0) is 10.3 Å². The molecule has 70 valence electrons. The highest BCUT2D eigenvalue weighted by atomic mass is 16.6. The van der Waals surface area contributed by atoms with Crippen LogP contribution < -0.4 is 22.5 Å². The maximum absolute atomic E-state index is 10.9. The van der Waals surface area contributed by atoms with Crippen molar-refractivity contribution in [1.29, 1.82) is 0 Å². The zero-order valence-electron chi connectivity index (χ0n) is 6.27. The summed E-state index contributed by atoms with van der Waals surface area (Å²) in [7, 11) is 0. The number of hydrogen-bond acceptors (Lipinski definition) is 7. The first kappa shape index (κ1) is 9.09. The van der Waals surface area contributed by atoms with Crippen LogP contribution in [0.2, 0.25) is 0 Å². The van der Waals surface area contributed by atoms with Gasteiger partial charge in [-0.2, -0.15) is 0 Å². The van der Waals surface area contributed by atoms with E-state index in [4.69, 9.17) is 11.7 Å². The summed E-state index contributed by atoms with van der Waals surface area (Å²) in [5.74, 6) is 8.02. The van der Waals surface area contributed by atoms with E-state index in [0.717, 1.165) is 0 Å². The van der Waals surface area contributed by atoms with Crippen molar-refractivity contribution in [2.24, 2.45) is 11.7 Å². The monoisotopic (exact) mass is 186 g/mol. The molecule has 0 aliphatic rings. The molecule has 9 heteroatoms. The van der Waals surface area contributed by atoms with Gasteiger partial charge < -0.3 is 0 Å². The van der Waals surface area contributed by atoms with Gasteiger partial charge in [-0.3, -0.25) is 20.4 Å². The highest BCUT2D eigenvalue weighted by Gasteiger charge is 2.22. The quantitative estimate of drug-likeness (QED) is 0.222. The molecule has 6 N–H and O–H groups in total. The van der Waals surface area contributed by atoms with E-state index in [-0.39, 0.29) is 11.4 Å². The first-order chi connectivity index (χ1) is 6.20. The first-order valence-corrected chi connectivity index (χ1v) is 3.05. The molecule has 0 aromatic carbocycles. The summed E-state index contributed by atoms with van der Waals surface area (Å²) in [6.07, 6.45) is 0. The molecule has 0 aliphatic carbocycles. The van der Waals surface area contributed by atoms with Crippen LogP contribution in [0.5, 0.6) is 0 Å². The van der Waals surface area contributed by atoms with Gasteiger partial charge in [0.15, 0.2) is 0 Å². The Hall–Kier alpha value is -2.00. The van der Waals surface area contributed by atoms with Gasteiger partial charge >= 0.3 is 0 Å². The molecular weight excluding hydrogens is 180 g/mol. The second kappa shape index (κ2) is 3.60. The summed E-state index contributed by atoms with van der Waals surface area (Å²) in [6, 6.07) is 0. The molecule has 1 rings (SSSR count). The van der Waals surface area contributed by atoms with Gasteiger partial charge in [0.2, 0.25) is 11.4 Å². The van der Waals surface area contributed by atoms with E-state index in [9.17, 15) is 9.59 Å². The van der Waals surface area contributed by atoms with Crippen LogP contribution in [0.1, 0.15) is 21.0 Å². The minimum atomic E-state index is -0.792. The Morgan fingerprint density at radius 1 is 1.08 bits per heavy atom. The molecule has 0 saturated carbocycles. The minimum absolute atomic E-state index is 0.328. The lowest BCUT2D eigenvalue weighted by Crippen LogP contribution is -2.35.